The number of benzene rings is 2. The minimum absolute atomic E-state index is 0.0308. The largest absolute Gasteiger partial charge is 0.508 e. The predicted molar refractivity (Wildman–Crippen MR) is 136 cm³/mol. The molecule has 0 heterocycles. The van der Waals surface area contributed by atoms with Gasteiger partial charge in [0.15, 0.2) is 11.4 Å². The van der Waals surface area contributed by atoms with Crippen molar-refractivity contribution in [3.05, 3.63) is 72.3 Å². The van der Waals surface area contributed by atoms with E-state index in [1.807, 2.05) is 50.2 Å². The second kappa shape index (κ2) is 13.5. The molecule has 0 radical (unpaired) electrons. The van der Waals surface area contributed by atoms with Gasteiger partial charge in [0.1, 0.15) is 11.5 Å². The molecule has 1 aliphatic carbocycles. The minimum atomic E-state index is -2.98. The fourth-order valence-corrected chi connectivity index (χ4v) is 4.67. The van der Waals surface area contributed by atoms with Crippen molar-refractivity contribution in [3.63, 3.8) is 0 Å². The van der Waals surface area contributed by atoms with E-state index in [4.69, 9.17) is 13.8 Å². The standard InChI is InChI=1S/C17H22O2.C10H15O4P/c1-17(2,19-15-10-4-3-5-11-15)16(18)13-12-14-8-6-7-9-14;1-13-15(12,14-2)8-7-9-5-3-4-6-10(9)11/h3-5,10-14H,6-9H2,1-2H3;3-6,11H,7-8H2,1-2H3/b13-12+;. The van der Waals surface area contributed by atoms with Gasteiger partial charge in [-0.25, -0.2) is 0 Å². The van der Waals surface area contributed by atoms with E-state index in [1.54, 1.807) is 24.3 Å². The third-order valence-corrected chi connectivity index (χ3v) is 7.72. The summed E-state index contributed by atoms with van der Waals surface area (Å²) in [5.74, 6) is 1.55. The molecule has 0 amide bonds. The zero-order valence-electron chi connectivity index (χ0n) is 20.6. The van der Waals surface area contributed by atoms with Crippen molar-refractivity contribution < 1.29 is 28.3 Å². The molecule has 0 saturated heterocycles. The van der Waals surface area contributed by atoms with E-state index in [0.717, 1.165) is 11.3 Å². The third-order valence-electron chi connectivity index (χ3n) is 5.83. The maximum atomic E-state index is 12.2. The number of carbonyl (C=O) groups excluding carboxylic acids is 1. The molecule has 2 aromatic rings. The Morgan fingerprint density at radius 2 is 1.62 bits per heavy atom. The first-order valence-corrected chi connectivity index (χ1v) is 13.4. The zero-order valence-corrected chi connectivity index (χ0v) is 21.5. The maximum absolute atomic E-state index is 12.2. The van der Waals surface area contributed by atoms with E-state index in [2.05, 4.69) is 6.08 Å². The fraction of sp³-hybridized carbons (Fsp3) is 0.444. The van der Waals surface area contributed by atoms with Crippen LogP contribution in [0, 0.1) is 5.92 Å². The Morgan fingerprint density at radius 3 is 2.21 bits per heavy atom. The summed E-state index contributed by atoms with van der Waals surface area (Å²) in [7, 11) is -0.265. The Kier molecular flexibility index (Phi) is 11.0. The summed E-state index contributed by atoms with van der Waals surface area (Å²) in [5, 5.41) is 9.48. The molecule has 34 heavy (non-hydrogen) atoms. The fourth-order valence-electron chi connectivity index (χ4n) is 3.64. The summed E-state index contributed by atoms with van der Waals surface area (Å²) < 4.78 is 27.1. The van der Waals surface area contributed by atoms with Gasteiger partial charge in [0.2, 0.25) is 0 Å². The van der Waals surface area contributed by atoms with Gasteiger partial charge in [-0.05, 0) is 68.9 Å². The van der Waals surface area contributed by atoms with Crippen molar-refractivity contribution in [2.75, 3.05) is 20.4 Å². The molecule has 0 spiro atoms. The van der Waals surface area contributed by atoms with Crippen molar-refractivity contribution in [1.82, 2.24) is 0 Å². The summed E-state index contributed by atoms with van der Waals surface area (Å²) in [5.41, 5.74) is -0.0666. The number of ether oxygens (including phenoxy) is 1. The number of carbonyl (C=O) groups is 1. The second-order valence-corrected chi connectivity index (χ2v) is 11.2. The van der Waals surface area contributed by atoms with Crippen molar-refractivity contribution in [2.45, 2.75) is 51.6 Å². The zero-order chi connectivity index (χ0) is 25.0. The van der Waals surface area contributed by atoms with Crippen molar-refractivity contribution in [2.24, 2.45) is 5.92 Å². The summed E-state index contributed by atoms with van der Waals surface area (Å²) in [6.45, 7) is 3.64. The number of phenols is 1. The number of hydrogen-bond acceptors (Lipinski definition) is 6. The molecular weight excluding hydrogens is 451 g/mol. The number of allylic oxidation sites excluding steroid dienone is 1. The molecule has 6 nitrogen and oxygen atoms in total. The smallest absolute Gasteiger partial charge is 0.330 e. The monoisotopic (exact) mass is 488 g/mol. The van der Waals surface area contributed by atoms with Gasteiger partial charge in [-0.3, -0.25) is 9.36 Å². The van der Waals surface area contributed by atoms with Crippen LogP contribution in [0.3, 0.4) is 0 Å². The summed E-state index contributed by atoms with van der Waals surface area (Å²) in [4.78, 5) is 12.2. The molecular formula is C27H37O6P. The van der Waals surface area contributed by atoms with Crippen LogP contribution in [0.4, 0.5) is 0 Å². The Balaban J connectivity index is 0.000000248. The van der Waals surface area contributed by atoms with Gasteiger partial charge >= 0.3 is 7.60 Å². The average molecular weight is 489 g/mol. The Labute approximate surface area is 203 Å². The Bertz CT molecular complexity index is 956. The van der Waals surface area contributed by atoms with E-state index in [1.165, 1.54) is 39.9 Å². The quantitative estimate of drug-likeness (QED) is 0.300. The van der Waals surface area contributed by atoms with Crippen LogP contribution < -0.4 is 4.74 Å². The topological polar surface area (TPSA) is 82.1 Å². The average Bonchev–Trinajstić information content (AvgIpc) is 3.36. The number of hydrogen-bond donors (Lipinski definition) is 1. The van der Waals surface area contributed by atoms with Crippen LogP contribution in [0.1, 0.15) is 45.1 Å². The lowest BCUT2D eigenvalue weighted by Crippen LogP contribution is -2.37. The van der Waals surface area contributed by atoms with Crippen LogP contribution in [-0.2, 0) is 24.8 Å². The molecule has 186 valence electrons. The third kappa shape index (κ3) is 9.09. The highest BCUT2D eigenvalue weighted by Gasteiger charge is 2.28. The Hall–Kier alpha value is -2.40. The van der Waals surface area contributed by atoms with E-state index >= 15 is 0 Å². The van der Waals surface area contributed by atoms with Gasteiger partial charge in [-0.2, -0.15) is 0 Å². The number of para-hydroxylation sites is 2. The minimum Gasteiger partial charge on any atom is -0.508 e. The molecule has 1 saturated carbocycles. The van der Waals surface area contributed by atoms with E-state index in [9.17, 15) is 14.5 Å². The number of phenolic OH excluding ortho intramolecular Hbond substituents is 1. The van der Waals surface area contributed by atoms with E-state index in [0.29, 0.717) is 12.3 Å². The van der Waals surface area contributed by atoms with Crippen LogP contribution >= 0.6 is 7.60 Å². The van der Waals surface area contributed by atoms with Crippen LogP contribution in [-0.4, -0.2) is 36.9 Å². The normalized spacial score (nSPS) is 14.6. The molecule has 1 aliphatic rings. The summed E-state index contributed by atoms with van der Waals surface area (Å²) in [6, 6.07) is 16.4. The van der Waals surface area contributed by atoms with Crippen molar-refractivity contribution in [1.29, 1.82) is 0 Å². The number of aromatic hydroxyl groups is 1. The first kappa shape index (κ1) is 27.8. The molecule has 0 aliphatic heterocycles. The van der Waals surface area contributed by atoms with Crippen molar-refractivity contribution in [3.8, 4) is 11.5 Å². The highest BCUT2D eigenvalue weighted by molar-refractivity contribution is 7.53. The first-order valence-electron chi connectivity index (χ1n) is 11.6. The van der Waals surface area contributed by atoms with Gasteiger partial charge < -0.3 is 18.9 Å². The maximum Gasteiger partial charge on any atom is 0.330 e. The lowest BCUT2D eigenvalue weighted by molar-refractivity contribution is -0.126. The lowest BCUT2D eigenvalue weighted by atomic mass is 10.00. The molecule has 0 bridgehead atoms. The van der Waals surface area contributed by atoms with Crippen LogP contribution in [0.2, 0.25) is 0 Å². The molecule has 0 aromatic heterocycles. The van der Waals surface area contributed by atoms with E-state index in [-0.39, 0.29) is 17.7 Å². The molecule has 1 N–H and O–H groups in total. The molecule has 1 fully saturated rings. The highest BCUT2D eigenvalue weighted by atomic mass is 31.2. The van der Waals surface area contributed by atoms with Gasteiger partial charge in [0.25, 0.3) is 0 Å². The summed E-state index contributed by atoms with van der Waals surface area (Å²) in [6.07, 6.45) is 9.49. The van der Waals surface area contributed by atoms with Gasteiger partial charge in [0, 0.05) is 14.2 Å². The van der Waals surface area contributed by atoms with Crippen molar-refractivity contribution >= 4 is 13.4 Å². The number of aryl methyl sites for hydroxylation is 1. The van der Waals surface area contributed by atoms with Gasteiger partial charge in [0.05, 0.1) is 6.16 Å². The molecule has 2 aromatic carbocycles. The molecule has 0 unspecified atom stereocenters. The first-order chi connectivity index (χ1) is 16.2. The van der Waals surface area contributed by atoms with E-state index < -0.39 is 13.2 Å². The van der Waals surface area contributed by atoms with Gasteiger partial charge in [-0.15, -0.1) is 0 Å². The number of ketones is 1. The SMILES string of the molecule is CC(C)(Oc1ccccc1)C(=O)/C=C/C1CCCC1.COP(=O)(CCc1ccccc1O)OC. The van der Waals surface area contributed by atoms with Crippen LogP contribution in [0.5, 0.6) is 11.5 Å². The highest BCUT2D eigenvalue weighted by Crippen LogP contribution is 2.46. The van der Waals surface area contributed by atoms with Crippen LogP contribution in [0.25, 0.3) is 0 Å². The van der Waals surface area contributed by atoms with Gasteiger partial charge in [-0.1, -0.05) is 55.3 Å². The molecule has 0 atom stereocenters. The molecule has 3 rings (SSSR count). The predicted octanol–water partition coefficient (Wildman–Crippen LogP) is 6.58. The Morgan fingerprint density at radius 1 is 1.03 bits per heavy atom. The second-order valence-electron chi connectivity index (χ2n) is 8.77. The molecule has 7 heteroatoms. The summed E-state index contributed by atoms with van der Waals surface area (Å²) >= 11 is 0. The van der Waals surface area contributed by atoms with Crippen LogP contribution in [0.15, 0.2) is 66.7 Å². The lowest BCUT2D eigenvalue weighted by Gasteiger charge is -2.23. The number of rotatable bonds is 10.